The molecule has 2 aliphatic heterocycles. The lowest BCUT2D eigenvalue weighted by molar-refractivity contribution is -0.168. The number of hydrogen-bond donors (Lipinski definition) is 0. The summed E-state index contributed by atoms with van der Waals surface area (Å²) < 4.78 is 7.94. The highest BCUT2D eigenvalue weighted by molar-refractivity contribution is 5.77. The van der Waals surface area contributed by atoms with Crippen molar-refractivity contribution in [2.45, 2.75) is 43.9 Å². The third kappa shape index (κ3) is 2.23. The molecular weight excluding hydrogens is 306 g/mol. The molecule has 1 spiro atoms. The van der Waals surface area contributed by atoms with Gasteiger partial charge in [-0.25, -0.2) is 15.0 Å². The minimum atomic E-state index is -0.373. The van der Waals surface area contributed by atoms with E-state index in [1.54, 1.807) is 12.5 Å². The van der Waals surface area contributed by atoms with Crippen molar-refractivity contribution in [1.29, 1.82) is 0 Å². The molecule has 0 unspecified atom stereocenters. The number of aromatic nitrogens is 4. The van der Waals surface area contributed by atoms with Crippen molar-refractivity contribution < 1.29 is 9.53 Å². The maximum absolute atomic E-state index is 12.3. The van der Waals surface area contributed by atoms with Crippen LogP contribution in [0.15, 0.2) is 24.9 Å². The zero-order chi connectivity index (χ0) is 16.1. The molecule has 0 atom stereocenters. The zero-order valence-corrected chi connectivity index (χ0v) is 13.4. The molecule has 0 aromatic carbocycles. The number of carbonyl (C=O) groups is 1. The van der Waals surface area contributed by atoms with Crippen LogP contribution in [-0.2, 0) is 28.3 Å². The van der Waals surface area contributed by atoms with E-state index in [0.29, 0.717) is 38.6 Å². The fourth-order valence-corrected chi connectivity index (χ4v) is 3.56. The molecule has 5 rings (SSSR count). The number of hydrogen-bond acceptors (Lipinski definition) is 5. The van der Waals surface area contributed by atoms with Gasteiger partial charge in [0.05, 0.1) is 31.7 Å². The minimum Gasteiger partial charge on any atom is -0.360 e. The van der Waals surface area contributed by atoms with Crippen molar-refractivity contribution in [3.63, 3.8) is 0 Å². The van der Waals surface area contributed by atoms with E-state index in [0.717, 1.165) is 17.1 Å². The molecule has 0 bridgehead atoms. The van der Waals surface area contributed by atoms with Crippen LogP contribution in [0.5, 0.6) is 0 Å². The van der Waals surface area contributed by atoms with Crippen LogP contribution in [0.3, 0.4) is 0 Å². The van der Waals surface area contributed by atoms with E-state index in [2.05, 4.69) is 15.0 Å². The van der Waals surface area contributed by atoms with Crippen molar-refractivity contribution in [3.8, 4) is 0 Å². The lowest BCUT2D eigenvalue weighted by Crippen LogP contribution is -2.61. The number of ether oxygens (including phenoxy) is 1. The van der Waals surface area contributed by atoms with Gasteiger partial charge < -0.3 is 14.2 Å². The van der Waals surface area contributed by atoms with Crippen LogP contribution in [0.25, 0.3) is 0 Å². The van der Waals surface area contributed by atoms with Gasteiger partial charge >= 0.3 is 0 Å². The number of amides is 1. The molecule has 2 fully saturated rings. The highest BCUT2D eigenvalue weighted by Gasteiger charge is 2.52. The number of nitrogens with zero attached hydrogens (tertiary/aromatic N) is 5. The average Bonchev–Trinajstić information content (AvgIpc) is 3.15. The Hall–Kier alpha value is -2.28. The van der Waals surface area contributed by atoms with Crippen LogP contribution >= 0.6 is 0 Å². The third-order valence-electron chi connectivity index (χ3n) is 5.19. The first kappa shape index (κ1) is 14.1. The normalized spacial score (nSPS) is 20.9. The number of imidazole rings is 1. The number of aryl methyl sites for hydroxylation is 1. The van der Waals surface area contributed by atoms with Gasteiger partial charge in [0, 0.05) is 43.0 Å². The molecule has 124 valence electrons. The minimum absolute atomic E-state index is 0.155. The van der Waals surface area contributed by atoms with Crippen LogP contribution in [0, 0.1) is 0 Å². The van der Waals surface area contributed by atoms with E-state index in [9.17, 15) is 4.79 Å². The molecule has 0 N–H and O–H groups in total. The van der Waals surface area contributed by atoms with Crippen molar-refractivity contribution in [2.24, 2.45) is 0 Å². The average molecular weight is 325 g/mol. The van der Waals surface area contributed by atoms with Crippen molar-refractivity contribution in [1.82, 2.24) is 24.4 Å². The first-order valence-electron chi connectivity index (χ1n) is 8.47. The molecular formula is C17H19N5O2. The molecule has 7 heteroatoms. The summed E-state index contributed by atoms with van der Waals surface area (Å²) >= 11 is 0. The summed E-state index contributed by atoms with van der Waals surface area (Å²) in [7, 11) is 0. The molecule has 2 aromatic heterocycles. The van der Waals surface area contributed by atoms with Gasteiger partial charge in [-0.05, 0) is 12.8 Å². The predicted octanol–water partition coefficient (Wildman–Crippen LogP) is 1.21. The van der Waals surface area contributed by atoms with Gasteiger partial charge in [0.15, 0.2) is 0 Å². The van der Waals surface area contributed by atoms with Gasteiger partial charge in [-0.15, -0.1) is 0 Å². The predicted molar refractivity (Wildman–Crippen MR) is 83.9 cm³/mol. The number of rotatable bonds is 4. The van der Waals surface area contributed by atoms with Gasteiger partial charge in [0.25, 0.3) is 0 Å². The first-order valence-corrected chi connectivity index (χ1v) is 8.47. The molecule has 1 saturated heterocycles. The van der Waals surface area contributed by atoms with Gasteiger partial charge in [0.1, 0.15) is 11.4 Å². The molecule has 1 amide bonds. The molecule has 24 heavy (non-hydrogen) atoms. The Bertz CT molecular complexity index is 778. The number of carbonyl (C=O) groups excluding carboxylic acids is 1. The topological polar surface area (TPSA) is 73.1 Å². The zero-order valence-electron chi connectivity index (χ0n) is 13.4. The second-order valence-corrected chi connectivity index (χ2v) is 6.95. The summed E-state index contributed by atoms with van der Waals surface area (Å²) in [6.07, 6.45) is 10.1. The van der Waals surface area contributed by atoms with E-state index in [1.807, 2.05) is 21.9 Å². The molecule has 2 aromatic rings. The Morgan fingerprint density at radius 2 is 2.25 bits per heavy atom. The molecule has 3 aliphatic rings. The monoisotopic (exact) mass is 325 g/mol. The van der Waals surface area contributed by atoms with Crippen molar-refractivity contribution in [2.75, 3.05) is 13.1 Å². The lowest BCUT2D eigenvalue weighted by Gasteiger charge is -2.47. The van der Waals surface area contributed by atoms with Crippen molar-refractivity contribution in [3.05, 3.63) is 42.0 Å². The van der Waals surface area contributed by atoms with Gasteiger partial charge in [-0.3, -0.25) is 4.79 Å². The van der Waals surface area contributed by atoms with Gasteiger partial charge in [0.2, 0.25) is 5.91 Å². The van der Waals surface area contributed by atoms with Crippen LogP contribution < -0.4 is 0 Å². The highest BCUT2D eigenvalue weighted by atomic mass is 16.5. The molecule has 4 heterocycles. The van der Waals surface area contributed by atoms with E-state index in [1.165, 1.54) is 12.8 Å². The Labute approximate surface area is 139 Å². The third-order valence-corrected chi connectivity index (χ3v) is 5.19. The van der Waals surface area contributed by atoms with Crippen LogP contribution in [0.1, 0.15) is 42.3 Å². The maximum atomic E-state index is 12.3. The number of fused-ring (bicyclic) bond motifs is 2. The Kier molecular flexibility index (Phi) is 3.00. The maximum Gasteiger partial charge on any atom is 0.224 e. The van der Waals surface area contributed by atoms with E-state index in [-0.39, 0.29) is 11.5 Å². The SMILES string of the molecule is O=C(CCn1ccnc1)N1CC2(C1)OCc1nc(C3CC3)ncc12. The summed E-state index contributed by atoms with van der Waals surface area (Å²) in [5.74, 6) is 1.67. The Morgan fingerprint density at radius 1 is 1.38 bits per heavy atom. The number of likely N-dealkylation sites (tertiary alicyclic amines) is 1. The van der Waals surface area contributed by atoms with E-state index in [4.69, 9.17) is 4.74 Å². The fourth-order valence-electron chi connectivity index (χ4n) is 3.56. The summed E-state index contributed by atoms with van der Waals surface area (Å²) in [5.41, 5.74) is 1.71. The largest absolute Gasteiger partial charge is 0.360 e. The van der Waals surface area contributed by atoms with Gasteiger partial charge in [-0.1, -0.05) is 0 Å². The summed E-state index contributed by atoms with van der Waals surface area (Å²) in [4.78, 5) is 27.4. The fraction of sp³-hybridized carbons (Fsp3) is 0.529. The summed E-state index contributed by atoms with van der Waals surface area (Å²) in [5, 5.41) is 0. The van der Waals surface area contributed by atoms with Crippen LogP contribution in [0.2, 0.25) is 0 Å². The van der Waals surface area contributed by atoms with Crippen molar-refractivity contribution >= 4 is 5.91 Å². The summed E-state index contributed by atoms with van der Waals surface area (Å²) in [6.45, 7) is 2.41. The first-order chi connectivity index (χ1) is 11.7. The second kappa shape index (κ2) is 5.11. The van der Waals surface area contributed by atoms with E-state index >= 15 is 0 Å². The highest BCUT2D eigenvalue weighted by Crippen LogP contribution is 2.44. The molecule has 0 radical (unpaired) electrons. The van der Waals surface area contributed by atoms with Crippen LogP contribution in [-0.4, -0.2) is 43.4 Å². The second-order valence-electron chi connectivity index (χ2n) is 6.95. The standard InChI is InChI=1S/C17H19N5O2/c23-15(3-5-21-6-4-18-11-21)22-9-17(10-22)13-7-19-16(12-1-2-12)20-14(13)8-24-17/h4,6-7,11-12H,1-3,5,8-10H2. The molecule has 7 nitrogen and oxygen atoms in total. The molecule has 1 aliphatic carbocycles. The molecule has 1 saturated carbocycles. The quantitative estimate of drug-likeness (QED) is 0.845. The Balaban J connectivity index is 1.24. The van der Waals surface area contributed by atoms with Gasteiger partial charge in [-0.2, -0.15) is 0 Å². The van der Waals surface area contributed by atoms with E-state index < -0.39 is 0 Å². The summed E-state index contributed by atoms with van der Waals surface area (Å²) in [6, 6.07) is 0. The Morgan fingerprint density at radius 3 is 3.00 bits per heavy atom. The lowest BCUT2D eigenvalue weighted by atomic mass is 9.87. The smallest absolute Gasteiger partial charge is 0.224 e. The van der Waals surface area contributed by atoms with Crippen LogP contribution in [0.4, 0.5) is 0 Å².